The number of nitrogens with two attached hydrogens (primary N) is 1. The van der Waals surface area contributed by atoms with Gasteiger partial charge in [-0.2, -0.15) is 0 Å². The molecule has 1 saturated heterocycles. The van der Waals surface area contributed by atoms with Crippen molar-refractivity contribution in [2.45, 2.75) is 77.2 Å². The second kappa shape index (κ2) is 11.3. The lowest BCUT2D eigenvalue weighted by Crippen LogP contribution is -2.41. The lowest BCUT2D eigenvalue weighted by Gasteiger charge is -2.35. The summed E-state index contributed by atoms with van der Waals surface area (Å²) in [7, 11) is -2.63. The Morgan fingerprint density at radius 1 is 1.12 bits per heavy atom. The Kier molecular flexibility index (Phi) is 8.40. The van der Waals surface area contributed by atoms with E-state index in [2.05, 4.69) is 4.98 Å². The number of anilines is 1. The summed E-state index contributed by atoms with van der Waals surface area (Å²) in [6.07, 6.45) is 1.23. The Hall–Kier alpha value is -3.60. The molecule has 0 radical (unpaired) electrons. The van der Waals surface area contributed by atoms with Crippen LogP contribution in [-0.4, -0.2) is 60.1 Å². The fourth-order valence-electron chi connectivity index (χ4n) is 5.47. The summed E-state index contributed by atoms with van der Waals surface area (Å²) in [5.41, 5.74) is 9.93. The second-order valence-corrected chi connectivity index (χ2v) is 13.6. The number of carbonyl (C=O) groups excluding carboxylic acids is 2. The van der Waals surface area contributed by atoms with Crippen molar-refractivity contribution in [1.29, 1.82) is 0 Å². The summed E-state index contributed by atoms with van der Waals surface area (Å²) in [5, 5.41) is 0. The lowest BCUT2D eigenvalue weighted by atomic mass is 9.82. The molecule has 1 unspecified atom stereocenters. The number of carbonyl (C=O) groups is 2. The van der Waals surface area contributed by atoms with E-state index >= 15 is 0 Å². The summed E-state index contributed by atoms with van der Waals surface area (Å²) >= 11 is 0. The van der Waals surface area contributed by atoms with Gasteiger partial charge in [0, 0.05) is 13.1 Å². The smallest absolute Gasteiger partial charge is 0.410 e. The number of benzene rings is 2. The predicted octanol–water partition coefficient (Wildman–Crippen LogP) is 4.94. The Labute approximate surface area is 241 Å². The molecular formula is C30H40N4O6S. The van der Waals surface area contributed by atoms with E-state index in [4.69, 9.17) is 15.2 Å². The highest BCUT2D eigenvalue weighted by Crippen LogP contribution is 2.40. The Morgan fingerprint density at radius 2 is 1.73 bits per heavy atom. The molecule has 0 bridgehead atoms. The number of rotatable bonds is 6. The fourth-order valence-corrected chi connectivity index (χ4v) is 6.94. The van der Waals surface area contributed by atoms with Gasteiger partial charge in [-0.3, -0.25) is 4.79 Å². The van der Waals surface area contributed by atoms with Crippen LogP contribution < -0.4 is 5.73 Å². The van der Waals surface area contributed by atoms with Crippen molar-refractivity contribution in [3.8, 4) is 0 Å². The first-order valence-electron chi connectivity index (χ1n) is 13.8. The van der Waals surface area contributed by atoms with Crippen LogP contribution in [0.3, 0.4) is 0 Å². The van der Waals surface area contributed by atoms with Crippen molar-refractivity contribution in [2.24, 2.45) is 5.92 Å². The van der Waals surface area contributed by atoms with Gasteiger partial charge in [0.05, 0.1) is 29.1 Å². The maximum Gasteiger partial charge on any atom is 0.410 e. The molecule has 11 heteroatoms. The lowest BCUT2D eigenvalue weighted by molar-refractivity contribution is -0.144. The number of nitrogen functional groups attached to an aromatic ring is 1. The predicted molar refractivity (Wildman–Crippen MR) is 157 cm³/mol. The van der Waals surface area contributed by atoms with Crippen LogP contribution in [0.1, 0.15) is 69.0 Å². The molecule has 2 aromatic carbocycles. The minimum absolute atomic E-state index is 0.0166. The number of fused-ring (bicyclic) bond motifs is 1. The van der Waals surface area contributed by atoms with E-state index in [9.17, 15) is 18.0 Å². The molecule has 0 spiro atoms. The molecule has 2 heterocycles. The molecule has 10 nitrogen and oxygen atoms in total. The molecule has 41 heavy (non-hydrogen) atoms. The van der Waals surface area contributed by atoms with Crippen molar-refractivity contribution in [3.05, 3.63) is 52.8 Å². The van der Waals surface area contributed by atoms with Gasteiger partial charge in [0.1, 0.15) is 16.9 Å². The zero-order valence-electron chi connectivity index (χ0n) is 24.9. The minimum atomic E-state index is -3.97. The molecule has 1 aliphatic heterocycles. The van der Waals surface area contributed by atoms with Crippen molar-refractivity contribution in [3.63, 3.8) is 0 Å². The van der Waals surface area contributed by atoms with E-state index in [-0.39, 0.29) is 28.7 Å². The number of likely N-dealkylation sites (tertiary alicyclic amines) is 1. The molecule has 3 aromatic rings. The quantitative estimate of drug-likeness (QED) is 0.318. The number of imidazole rings is 1. The zero-order valence-corrected chi connectivity index (χ0v) is 25.7. The molecule has 1 amide bonds. The summed E-state index contributed by atoms with van der Waals surface area (Å²) < 4.78 is 39.3. The van der Waals surface area contributed by atoms with Gasteiger partial charge < -0.3 is 20.1 Å². The van der Waals surface area contributed by atoms with E-state index in [0.717, 1.165) is 16.7 Å². The largest absolute Gasteiger partial charge is 0.469 e. The average Bonchev–Trinajstić information content (AvgIpc) is 3.24. The van der Waals surface area contributed by atoms with Crippen molar-refractivity contribution in [1.82, 2.24) is 13.9 Å². The minimum Gasteiger partial charge on any atom is -0.469 e. The van der Waals surface area contributed by atoms with Crippen LogP contribution in [0.2, 0.25) is 0 Å². The Bertz CT molecular complexity index is 1560. The van der Waals surface area contributed by atoms with Gasteiger partial charge in [-0.15, -0.1) is 0 Å². The van der Waals surface area contributed by atoms with Crippen molar-refractivity contribution >= 4 is 38.8 Å². The molecule has 2 N–H and O–H groups in total. The number of amides is 1. The van der Waals surface area contributed by atoms with E-state index in [1.807, 2.05) is 27.7 Å². The van der Waals surface area contributed by atoms with Gasteiger partial charge in [-0.05, 0) is 89.1 Å². The van der Waals surface area contributed by atoms with Gasteiger partial charge in [-0.1, -0.05) is 24.6 Å². The highest BCUT2D eigenvalue weighted by atomic mass is 32.2. The number of methoxy groups -OCH3 is 1. The maximum atomic E-state index is 13.8. The van der Waals surface area contributed by atoms with Crippen LogP contribution in [0.25, 0.3) is 11.0 Å². The van der Waals surface area contributed by atoms with Crippen LogP contribution in [0.15, 0.2) is 35.2 Å². The molecule has 1 atom stereocenters. The number of aromatic nitrogens is 2. The molecule has 0 aliphatic carbocycles. The highest BCUT2D eigenvalue weighted by Gasteiger charge is 2.32. The summed E-state index contributed by atoms with van der Waals surface area (Å²) in [6.45, 7) is 11.8. The normalized spacial score (nSPS) is 15.6. The average molecular weight is 585 g/mol. The van der Waals surface area contributed by atoms with Crippen molar-refractivity contribution < 1.29 is 27.5 Å². The molecule has 222 valence electrons. The van der Waals surface area contributed by atoms with Gasteiger partial charge in [0.2, 0.25) is 0 Å². The summed E-state index contributed by atoms with van der Waals surface area (Å²) in [4.78, 5) is 31.5. The second-order valence-electron chi connectivity index (χ2n) is 11.8. The molecule has 1 aliphatic rings. The van der Waals surface area contributed by atoms with Gasteiger partial charge in [-0.25, -0.2) is 22.2 Å². The molecule has 1 aromatic heterocycles. The third kappa shape index (κ3) is 6.19. The highest BCUT2D eigenvalue weighted by molar-refractivity contribution is 7.90. The first-order chi connectivity index (χ1) is 19.1. The molecular weight excluding hydrogens is 544 g/mol. The summed E-state index contributed by atoms with van der Waals surface area (Å²) in [5.74, 6) is -0.580. The number of nitrogens with zero attached hydrogens (tertiary/aromatic N) is 3. The van der Waals surface area contributed by atoms with Crippen LogP contribution in [0.4, 0.5) is 10.5 Å². The standard InChI is InChI=1S/C30H40N4O6S/c1-18-8-10-23(11-9-18)41(37,38)34-20(3)32-27-24(34)17-22(16-19(2)28(35)39-7)25(26(27)31)21-12-14-33(15-13-21)29(36)40-30(4,5)6/h8-11,17,19,21H,12-16,31H2,1-7H3. The zero-order chi connectivity index (χ0) is 30.3. The van der Waals surface area contributed by atoms with Gasteiger partial charge in [0.25, 0.3) is 10.0 Å². The van der Waals surface area contributed by atoms with Crippen LogP contribution in [-0.2, 0) is 30.7 Å². The number of hydrogen-bond donors (Lipinski definition) is 1. The SMILES string of the molecule is COC(=O)C(C)Cc1cc2c(nc(C)n2S(=O)(=O)c2ccc(C)cc2)c(N)c1C1CCN(C(=O)OC(C)(C)C)CC1. The Balaban J connectivity index is 1.80. The third-order valence-electron chi connectivity index (χ3n) is 7.47. The molecule has 4 rings (SSSR count). The third-order valence-corrected chi connectivity index (χ3v) is 9.28. The first-order valence-corrected chi connectivity index (χ1v) is 15.3. The fraction of sp³-hybridized carbons (Fsp3) is 0.500. The van der Waals surface area contributed by atoms with Crippen LogP contribution in [0.5, 0.6) is 0 Å². The monoisotopic (exact) mass is 584 g/mol. The van der Waals surface area contributed by atoms with E-state index in [0.29, 0.717) is 49.1 Å². The van der Waals surface area contributed by atoms with E-state index < -0.39 is 21.5 Å². The summed E-state index contributed by atoms with van der Waals surface area (Å²) in [6, 6.07) is 8.45. The number of piperidine rings is 1. The number of hydrogen-bond acceptors (Lipinski definition) is 8. The van der Waals surface area contributed by atoms with E-state index in [1.54, 1.807) is 49.1 Å². The van der Waals surface area contributed by atoms with Crippen molar-refractivity contribution in [2.75, 3.05) is 25.9 Å². The maximum absolute atomic E-state index is 13.8. The van der Waals surface area contributed by atoms with Gasteiger partial charge in [0.15, 0.2) is 0 Å². The number of ether oxygens (including phenoxy) is 2. The number of esters is 1. The molecule has 0 saturated carbocycles. The van der Waals surface area contributed by atoms with E-state index in [1.165, 1.54) is 11.1 Å². The number of aryl methyl sites for hydroxylation is 2. The van der Waals surface area contributed by atoms with Crippen LogP contribution >= 0.6 is 0 Å². The van der Waals surface area contributed by atoms with Crippen LogP contribution in [0, 0.1) is 19.8 Å². The topological polar surface area (TPSA) is 134 Å². The first kappa shape index (κ1) is 30.4. The Morgan fingerprint density at radius 3 is 2.29 bits per heavy atom. The molecule has 1 fully saturated rings. The van der Waals surface area contributed by atoms with Gasteiger partial charge >= 0.3 is 12.1 Å².